The Hall–Kier alpha value is -1.09. The van der Waals surface area contributed by atoms with Gasteiger partial charge >= 0.3 is 0 Å². The fourth-order valence-electron chi connectivity index (χ4n) is 3.27. The summed E-state index contributed by atoms with van der Waals surface area (Å²) in [5, 5.41) is 3.71. The van der Waals surface area contributed by atoms with Crippen LogP contribution in [0.1, 0.15) is 36.8 Å². The zero-order valence-electron chi connectivity index (χ0n) is 9.79. The number of nitrogen functional groups attached to an aromatic ring is 1. The summed E-state index contributed by atoms with van der Waals surface area (Å²) in [6.07, 6.45) is 6.95. The van der Waals surface area contributed by atoms with Gasteiger partial charge in [-0.05, 0) is 56.7 Å². The molecule has 3 N–H and O–H groups in total. The van der Waals surface area contributed by atoms with Gasteiger partial charge in [0.15, 0.2) is 0 Å². The van der Waals surface area contributed by atoms with Gasteiger partial charge in [0.25, 0.3) is 0 Å². The molecule has 1 atom stereocenters. The van der Waals surface area contributed by atoms with Crippen molar-refractivity contribution in [3.63, 3.8) is 0 Å². The Morgan fingerprint density at radius 2 is 2.31 bits per heavy atom. The second-order valence-electron chi connectivity index (χ2n) is 5.16. The minimum absolute atomic E-state index is 0.141. The number of nitrogens with two attached hydrogens (primary N) is 1. The van der Waals surface area contributed by atoms with E-state index in [2.05, 4.69) is 23.3 Å². The van der Waals surface area contributed by atoms with Crippen molar-refractivity contribution in [2.45, 2.75) is 38.1 Å². The molecule has 3 nitrogen and oxygen atoms in total. The second-order valence-corrected chi connectivity index (χ2v) is 5.16. The van der Waals surface area contributed by atoms with E-state index in [0.29, 0.717) is 0 Å². The first kappa shape index (κ1) is 10.1. The van der Waals surface area contributed by atoms with E-state index >= 15 is 0 Å². The van der Waals surface area contributed by atoms with Crippen LogP contribution in [-0.2, 0) is 5.54 Å². The Morgan fingerprint density at radius 3 is 2.88 bits per heavy atom. The lowest BCUT2D eigenvalue weighted by Crippen LogP contribution is -2.40. The van der Waals surface area contributed by atoms with Gasteiger partial charge in [0.05, 0.1) is 5.54 Å². The Balaban J connectivity index is 2.12. The standard InChI is InChI=1S/C13H19N3/c1-9-5-8-15-12(14)11(9)13(10-3-4-10)6-2-7-16-13/h5,8,10,16H,2-4,6-7H2,1H3,(H2,14,15). The van der Waals surface area contributed by atoms with Crippen molar-refractivity contribution < 1.29 is 0 Å². The van der Waals surface area contributed by atoms with E-state index in [1.54, 1.807) is 0 Å². The molecule has 1 aromatic rings. The van der Waals surface area contributed by atoms with Gasteiger partial charge in [-0.15, -0.1) is 0 Å². The van der Waals surface area contributed by atoms with E-state index in [1.165, 1.54) is 36.8 Å². The van der Waals surface area contributed by atoms with Gasteiger partial charge in [-0.1, -0.05) is 0 Å². The molecule has 1 aliphatic carbocycles. The highest BCUT2D eigenvalue weighted by Gasteiger charge is 2.49. The van der Waals surface area contributed by atoms with Crippen LogP contribution in [-0.4, -0.2) is 11.5 Å². The van der Waals surface area contributed by atoms with Crippen molar-refractivity contribution in [1.82, 2.24) is 10.3 Å². The van der Waals surface area contributed by atoms with Crippen LogP contribution in [0.5, 0.6) is 0 Å². The largest absolute Gasteiger partial charge is 0.383 e. The van der Waals surface area contributed by atoms with E-state index in [9.17, 15) is 0 Å². The molecule has 86 valence electrons. The summed E-state index contributed by atoms with van der Waals surface area (Å²) >= 11 is 0. The van der Waals surface area contributed by atoms with Crippen LogP contribution in [0.2, 0.25) is 0 Å². The predicted molar refractivity (Wildman–Crippen MR) is 65.0 cm³/mol. The van der Waals surface area contributed by atoms with Crippen molar-refractivity contribution in [2.24, 2.45) is 5.92 Å². The number of nitrogens with one attached hydrogen (secondary N) is 1. The molecule has 2 fully saturated rings. The Labute approximate surface area is 96.4 Å². The van der Waals surface area contributed by atoms with Crippen LogP contribution in [0.25, 0.3) is 0 Å². The molecule has 2 heterocycles. The molecule has 0 bridgehead atoms. The molecule has 1 saturated carbocycles. The first-order valence-corrected chi connectivity index (χ1v) is 6.20. The van der Waals surface area contributed by atoms with Crippen LogP contribution >= 0.6 is 0 Å². The number of nitrogens with zero attached hydrogens (tertiary/aromatic N) is 1. The molecule has 16 heavy (non-hydrogen) atoms. The number of rotatable bonds is 2. The van der Waals surface area contributed by atoms with Gasteiger partial charge in [-0.2, -0.15) is 0 Å². The number of pyridine rings is 1. The molecule has 0 aromatic carbocycles. The molecular weight excluding hydrogens is 198 g/mol. The van der Waals surface area contributed by atoms with E-state index in [0.717, 1.165) is 18.3 Å². The van der Waals surface area contributed by atoms with Gasteiger partial charge in [-0.25, -0.2) is 4.98 Å². The highest BCUT2D eigenvalue weighted by atomic mass is 15.0. The maximum atomic E-state index is 6.10. The van der Waals surface area contributed by atoms with Crippen molar-refractivity contribution in [3.8, 4) is 0 Å². The minimum Gasteiger partial charge on any atom is -0.383 e. The topological polar surface area (TPSA) is 50.9 Å². The molecule has 1 unspecified atom stereocenters. The third-order valence-electron chi connectivity index (χ3n) is 4.10. The summed E-state index contributed by atoms with van der Waals surface area (Å²) in [6, 6.07) is 2.08. The van der Waals surface area contributed by atoms with Crippen molar-refractivity contribution >= 4 is 5.82 Å². The molecule has 0 amide bonds. The Morgan fingerprint density at radius 1 is 1.50 bits per heavy atom. The summed E-state index contributed by atoms with van der Waals surface area (Å²) in [5.74, 6) is 1.50. The quantitative estimate of drug-likeness (QED) is 0.796. The lowest BCUT2D eigenvalue weighted by Gasteiger charge is -2.32. The molecule has 1 aromatic heterocycles. The number of anilines is 1. The van der Waals surface area contributed by atoms with E-state index < -0.39 is 0 Å². The molecular formula is C13H19N3. The second kappa shape index (κ2) is 3.45. The number of hydrogen-bond acceptors (Lipinski definition) is 3. The minimum atomic E-state index is 0.141. The third kappa shape index (κ3) is 1.34. The number of hydrogen-bond donors (Lipinski definition) is 2. The first-order valence-electron chi connectivity index (χ1n) is 6.20. The van der Waals surface area contributed by atoms with Crippen LogP contribution in [0.3, 0.4) is 0 Å². The maximum absolute atomic E-state index is 6.10. The number of aromatic nitrogens is 1. The van der Waals surface area contributed by atoms with Gasteiger partial charge in [0.2, 0.25) is 0 Å². The summed E-state index contributed by atoms with van der Waals surface area (Å²) in [5.41, 5.74) is 8.80. The monoisotopic (exact) mass is 217 g/mol. The van der Waals surface area contributed by atoms with Crippen LogP contribution in [0, 0.1) is 12.8 Å². The summed E-state index contributed by atoms with van der Waals surface area (Å²) < 4.78 is 0. The van der Waals surface area contributed by atoms with Gasteiger partial charge in [0, 0.05) is 11.8 Å². The number of aryl methyl sites for hydroxylation is 1. The predicted octanol–water partition coefficient (Wildman–Crippen LogP) is 1.96. The van der Waals surface area contributed by atoms with Crippen molar-refractivity contribution in [1.29, 1.82) is 0 Å². The molecule has 2 aliphatic rings. The molecule has 1 saturated heterocycles. The zero-order chi connectivity index (χ0) is 11.2. The van der Waals surface area contributed by atoms with Crippen LogP contribution < -0.4 is 11.1 Å². The lowest BCUT2D eigenvalue weighted by atomic mass is 9.81. The van der Waals surface area contributed by atoms with Gasteiger partial charge in [-0.3, -0.25) is 0 Å². The third-order valence-corrected chi connectivity index (χ3v) is 4.10. The molecule has 0 spiro atoms. The Kier molecular flexibility index (Phi) is 2.18. The average Bonchev–Trinajstić information content (AvgIpc) is 3.00. The summed E-state index contributed by atoms with van der Waals surface area (Å²) in [6.45, 7) is 3.27. The van der Waals surface area contributed by atoms with Gasteiger partial charge in [0.1, 0.15) is 5.82 Å². The highest BCUT2D eigenvalue weighted by molar-refractivity contribution is 5.50. The normalized spacial score (nSPS) is 29.6. The van der Waals surface area contributed by atoms with E-state index in [1.807, 2.05) is 6.20 Å². The van der Waals surface area contributed by atoms with Crippen molar-refractivity contribution in [2.75, 3.05) is 12.3 Å². The molecule has 3 heteroatoms. The average molecular weight is 217 g/mol. The summed E-state index contributed by atoms with van der Waals surface area (Å²) in [4.78, 5) is 4.28. The molecule has 1 aliphatic heterocycles. The van der Waals surface area contributed by atoms with Crippen LogP contribution in [0.15, 0.2) is 12.3 Å². The van der Waals surface area contributed by atoms with E-state index in [-0.39, 0.29) is 5.54 Å². The zero-order valence-corrected chi connectivity index (χ0v) is 9.79. The lowest BCUT2D eigenvalue weighted by molar-refractivity contribution is 0.335. The first-order chi connectivity index (χ1) is 7.74. The summed E-state index contributed by atoms with van der Waals surface area (Å²) in [7, 11) is 0. The van der Waals surface area contributed by atoms with Crippen molar-refractivity contribution in [3.05, 3.63) is 23.4 Å². The van der Waals surface area contributed by atoms with Gasteiger partial charge < -0.3 is 11.1 Å². The SMILES string of the molecule is Cc1ccnc(N)c1C1(C2CC2)CCCN1. The fraction of sp³-hybridized carbons (Fsp3) is 0.615. The molecule has 3 rings (SSSR count). The Bertz CT molecular complexity index is 383. The van der Waals surface area contributed by atoms with Crippen LogP contribution in [0.4, 0.5) is 5.82 Å². The smallest absolute Gasteiger partial charge is 0.128 e. The molecule has 0 radical (unpaired) electrons. The maximum Gasteiger partial charge on any atom is 0.128 e. The highest BCUT2D eigenvalue weighted by Crippen LogP contribution is 2.52. The fourth-order valence-corrected chi connectivity index (χ4v) is 3.27. The van der Waals surface area contributed by atoms with E-state index in [4.69, 9.17) is 5.73 Å².